The van der Waals surface area contributed by atoms with Crippen LogP contribution in [0.3, 0.4) is 0 Å². The Kier molecular flexibility index (Phi) is 3.09. The van der Waals surface area contributed by atoms with E-state index in [-0.39, 0.29) is 5.69 Å². The summed E-state index contributed by atoms with van der Waals surface area (Å²) in [5, 5.41) is 10.7. The van der Waals surface area contributed by atoms with E-state index in [2.05, 4.69) is 9.97 Å². The highest BCUT2D eigenvalue weighted by Crippen LogP contribution is 2.31. The first kappa shape index (κ1) is 14.1. The summed E-state index contributed by atoms with van der Waals surface area (Å²) in [6, 6.07) is 8.66. The van der Waals surface area contributed by atoms with Crippen LogP contribution in [-0.4, -0.2) is 14.9 Å². The first-order chi connectivity index (χ1) is 10.3. The Morgan fingerprint density at radius 1 is 1.09 bits per heavy atom. The summed E-state index contributed by atoms with van der Waals surface area (Å²) in [6.45, 7) is 0. The summed E-state index contributed by atoms with van der Waals surface area (Å²) < 4.78 is 37.6. The molecule has 0 aliphatic heterocycles. The zero-order chi connectivity index (χ0) is 15.9. The molecule has 3 rings (SSSR count). The molecule has 0 saturated heterocycles. The van der Waals surface area contributed by atoms with E-state index in [9.17, 15) is 23.3 Å². The number of nitrogens with one attached hydrogen (secondary N) is 1. The van der Waals surface area contributed by atoms with Crippen molar-refractivity contribution in [2.24, 2.45) is 0 Å². The molecule has 5 nitrogen and oxygen atoms in total. The molecule has 8 heteroatoms. The lowest BCUT2D eigenvalue weighted by Gasteiger charge is -2.06. The summed E-state index contributed by atoms with van der Waals surface area (Å²) >= 11 is 0. The predicted octanol–water partition coefficient (Wildman–Crippen LogP) is 4.16. The van der Waals surface area contributed by atoms with Crippen molar-refractivity contribution in [1.29, 1.82) is 0 Å². The summed E-state index contributed by atoms with van der Waals surface area (Å²) in [5.74, 6) is 0.351. The Morgan fingerprint density at radius 2 is 1.77 bits per heavy atom. The van der Waals surface area contributed by atoms with Crippen LogP contribution in [0.5, 0.6) is 0 Å². The number of hydrogen-bond acceptors (Lipinski definition) is 3. The Labute approximate surface area is 121 Å². The number of benzene rings is 2. The highest BCUT2D eigenvalue weighted by molar-refractivity contribution is 5.81. The Balaban J connectivity index is 2.01. The van der Waals surface area contributed by atoms with Gasteiger partial charge in [0, 0.05) is 17.7 Å². The maximum Gasteiger partial charge on any atom is 0.416 e. The number of aromatic nitrogens is 2. The molecular weight excluding hydrogens is 299 g/mol. The van der Waals surface area contributed by atoms with E-state index < -0.39 is 16.7 Å². The predicted molar refractivity (Wildman–Crippen MR) is 73.2 cm³/mol. The zero-order valence-corrected chi connectivity index (χ0v) is 10.9. The molecule has 2 aromatic carbocycles. The van der Waals surface area contributed by atoms with Gasteiger partial charge in [-0.2, -0.15) is 13.2 Å². The van der Waals surface area contributed by atoms with Crippen molar-refractivity contribution < 1.29 is 18.1 Å². The van der Waals surface area contributed by atoms with Gasteiger partial charge >= 0.3 is 6.18 Å². The van der Waals surface area contributed by atoms with E-state index in [1.54, 1.807) is 0 Å². The van der Waals surface area contributed by atoms with Gasteiger partial charge in [0.2, 0.25) is 0 Å². The van der Waals surface area contributed by atoms with Gasteiger partial charge < -0.3 is 4.98 Å². The number of alkyl halides is 3. The normalized spacial score (nSPS) is 11.8. The second kappa shape index (κ2) is 4.83. The number of nitro groups is 1. The number of halogens is 3. The molecule has 0 aliphatic carbocycles. The minimum atomic E-state index is -4.40. The molecule has 0 radical (unpaired) electrons. The number of nitrogens with zero attached hydrogens (tertiary/aromatic N) is 2. The van der Waals surface area contributed by atoms with Crippen LogP contribution in [0.2, 0.25) is 0 Å². The van der Waals surface area contributed by atoms with Gasteiger partial charge in [-0.05, 0) is 18.2 Å². The maximum absolute atomic E-state index is 12.5. The van der Waals surface area contributed by atoms with E-state index in [4.69, 9.17) is 0 Å². The Morgan fingerprint density at radius 3 is 2.36 bits per heavy atom. The SMILES string of the molecule is O=[N+]([O-])c1ccc2nc(-c3ccc(C(F)(F)F)cc3)[nH]c2c1. The second-order valence-corrected chi connectivity index (χ2v) is 4.62. The fraction of sp³-hybridized carbons (Fsp3) is 0.0714. The molecule has 1 N–H and O–H groups in total. The fourth-order valence-corrected chi connectivity index (χ4v) is 2.06. The van der Waals surface area contributed by atoms with Crippen molar-refractivity contribution in [3.63, 3.8) is 0 Å². The molecule has 1 heterocycles. The Hall–Kier alpha value is -2.90. The number of H-pyrrole nitrogens is 1. The topological polar surface area (TPSA) is 71.8 Å². The van der Waals surface area contributed by atoms with Crippen LogP contribution in [0.1, 0.15) is 5.56 Å². The van der Waals surface area contributed by atoms with Crippen molar-refractivity contribution in [3.05, 3.63) is 58.1 Å². The van der Waals surface area contributed by atoms with Gasteiger partial charge in [0.15, 0.2) is 0 Å². The van der Waals surface area contributed by atoms with Gasteiger partial charge in [-0.15, -0.1) is 0 Å². The molecule has 0 spiro atoms. The van der Waals surface area contributed by atoms with E-state index in [0.717, 1.165) is 12.1 Å². The molecule has 0 amide bonds. The lowest BCUT2D eigenvalue weighted by molar-refractivity contribution is -0.384. The van der Waals surface area contributed by atoms with Gasteiger partial charge in [-0.3, -0.25) is 10.1 Å². The molecule has 22 heavy (non-hydrogen) atoms. The smallest absolute Gasteiger partial charge is 0.338 e. The number of hydrogen-bond donors (Lipinski definition) is 1. The van der Waals surface area contributed by atoms with Crippen molar-refractivity contribution >= 4 is 16.7 Å². The number of aromatic amines is 1. The number of non-ortho nitro benzene ring substituents is 1. The van der Waals surface area contributed by atoms with Crippen molar-refractivity contribution in [2.75, 3.05) is 0 Å². The van der Waals surface area contributed by atoms with E-state index in [1.807, 2.05) is 0 Å². The summed E-state index contributed by atoms with van der Waals surface area (Å²) in [6.07, 6.45) is -4.40. The maximum atomic E-state index is 12.5. The minimum absolute atomic E-state index is 0.0879. The third-order valence-corrected chi connectivity index (χ3v) is 3.16. The molecule has 1 aromatic heterocycles. The fourth-order valence-electron chi connectivity index (χ4n) is 2.06. The van der Waals surface area contributed by atoms with Gasteiger partial charge in [-0.25, -0.2) is 4.98 Å². The minimum Gasteiger partial charge on any atom is -0.338 e. The van der Waals surface area contributed by atoms with Gasteiger partial charge in [0.25, 0.3) is 5.69 Å². The van der Waals surface area contributed by atoms with Crippen molar-refractivity contribution in [3.8, 4) is 11.4 Å². The standard InChI is InChI=1S/C14H8F3N3O2/c15-14(16,17)9-3-1-8(2-4-9)13-18-11-6-5-10(20(21)22)7-12(11)19-13/h1-7H,(H,18,19). The zero-order valence-electron chi connectivity index (χ0n) is 10.9. The van der Waals surface area contributed by atoms with Crippen LogP contribution in [0.15, 0.2) is 42.5 Å². The monoisotopic (exact) mass is 307 g/mol. The average Bonchev–Trinajstić information content (AvgIpc) is 2.89. The molecule has 0 fully saturated rings. The average molecular weight is 307 g/mol. The van der Waals surface area contributed by atoms with Crippen LogP contribution < -0.4 is 0 Å². The van der Waals surface area contributed by atoms with Gasteiger partial charge in [0.05, 0.1) is 21.5 Å². The molecule has 0 bridgehead atoms. The Bertz CT molecular complexity index is 854. The number of imidazole rings is 1. The molecular formula is C14H8F3N3O2. The van der Waals surface area contributed by atoms with Gasteiger partial charge in [0.1, 0.15) is 5.82 Å². The first-order valence-corrected chi connectivity index (χ1v) is 6.16. The second-order valence-electron chi connectivity index (χ2n) is 4.62. The number of nitro benzene ring substituents is 1. The van der Waals surface area contributed by atoms with Crippen LogP contribution in [0, 0.1) is 10.1 Å². The first-order valence-electron chi connectivity index (χ1n) is 6.16. The largest absolute Gasteiger partial charge is 0.416 e. The quantitative estimate of drug-likeness (QED) is 0.571. The summed E-state index contributed by atoms with van der Waals surface area (Å²) in [7, 11) is 0. The van der Waals surface area contributed by atoms with Crippen LogP contribution in [-0.2, 0) is 6.18 Å². The highest BCUT2D eigenvalue weighted by Gasteiger charge is 2.30. The van der Waals surface area contributed by atoms with E-state index in [0.29, 0.717) is 22.4 Å². The lowest BCUT2D eigenvalue weighted by Crippen LogP contribution is -2.04. The molecule has 0 atom stereocenters. The van der Waals surface area contributed by atoms with Crippen molar-refractivity contribution in [1.82, 2.24) is 9.97 Å². The number of rotatable bonds is 2. The molecule has 112 valence electrons. The van der Waals surface area contributed by atoms with Crippen LogP contribution >= 0.6 is 0 Å². The third kappa shape index (κ3) is 2.50. The highest BCUT2D eigenvalue weighted by atomic mass is 19.4. The third-order valence-electron chi connectivity index (χ3n) is 3.16. The molecule has 0 unspecified atom stereocenters. The molecule has 0 saturated carbocycles. The molecule has 0 aliphatic rings. The van der Waals surface area contributed by atoms with Crippen molar-refractivity contribution in [2.45, 2.75) is 6.18 Å². The van der Waals surface area contributed by atoms with E-state index in [1.165, 1.54) is 30.3 Å². The summed E-state index contributed by atoms with van der Waals surface area (Å²) in [4.78, 5) is 17.3. The van der Waals surface area contributed by atoms with E-state index >= 15 is 0 Å². The van der Waals surface area contributed by atoms with Crippen LogP contribution in [0.25, 0.3) is 22.4 Å². The van der Waals surface area contributed by atoms with Crippen LogP contribution in [0.4, 0.5) is 18.9 Å². The molecule has 3 aromatic rings. The van der Waals surface area contributed by atoms with Gasteiger partial charge in [-0.1, -0.05) is 12.1 Å². The summed E-state index contributed by atoms with van der Waals surface area (Å²) in [5.41, 5.74) is 0.578. The number of fused-ring (bicyclic) bond motifs is 1. The lowest BCUT2D eigenvalue weighted by atomic mass is 10.1.